The number of hydrogen-bond donors (Lipinski definition) is 12. The maximum absolute atomic E-state index is 13.4. The molecule has 19 nitrogen and oxygen atoms in total. The minimum atomic E-state index is -1.99. The van der Waals surface area contributed by atoms with Crippen molar-refractivity contribution in [3.63, 3.8) is 0 Å². The Morgan fingerprint density at radius 3 is 1.23 bits per heavy atom. The van der Waals surface area contributed by atoms with Crippen molar-refractivity contribution in [1.82, 2.24) is 5.32 Å². The van der Waals surface area contributed by atoms with Gasteiger partial charge < -0.3 is 89.9 Å². The molecule has 87 heavy (non-hydrogen) atoms. The maximum Gasteiger partial charge on any atom is 0.220 e. The molecule has 1 amide bonds. The summed E-state index contributed by atoms with van der Waals surface area (Å²) in [5.74, 6) is -0.296. The first-order valence-corrected chi connectivity index (χ1v) is 33.7. The van der Waals surface area contributed by atoms with E-state index < -0.39 is 124 Å². The van der Waals surface area contributed by atoms with Crippen molar-refractivity contribution in [2.24, 2.45) is 0 Å². The predicted octanol–water partition coefficient (Wildman–Crippen LogP) is 8.16. The second-order valence-electron chi connectivity index (χ2n) is 23.9. The highest BCUT2D eigenvalue weighted by molar-refractivity contribution is 5.76. The standard InChI is InChI=1S/C68H119NO18/c1-3-5-7-9-11-13-15-17-19-21-22-23-24-25-26-27-28-30-32-34-36-38-40-42-44-46-56(74)69-51(52(73)45-43-41-39-37-35-33-31-29-20-18-16-14-12-10-8-6-4-2)50-82-66-62(80)59(77)64(54(48-71)84-66)87-68-63(81)60(78)65(55(49-72)85-68)86-67-61(79)58(76)57(75)53(47-70)83-67/h15,17,20-22,24-25,29,35,37,43,45,51-55,57-68,70-73,75-81H,3-14,16,18-19,23,26-28,30-34,36,38-42,44,46-50H2,1-2H3,(H,69,74)/b17-15-,22-21-,25-24-,29-20+,37-35+,45-43+. The molecule has 0 radical (unpaired) electrons. The Bertz CT molecular complexity index is 1860. The molecule has 3 rings (SSSR count). The summed E-state index contributed by atoms with van der Waals surface area (Å²) in [6.45, 7) is 1.67. The monoisotopic (exact) mass is 1240 g/mol. The van der Waals surface area contributed by atoms with E-state index in [0.29, 0.717) is 12.8 Å². The van der Waals surface area contributed by atoms with Crippen molar-refractivity contribution < 1.29 is 89.4 Å². The summed E-state index contributed by atoms with van der Waals surface area (Å²) in [6.07, 6.45) is 34.4. The molecular weight excluding hydrogens is 1120 g/mol. The van der Waals surface area contributed by atoms with Crippen molar-refractivity contribution in [3.8, 4) is 0 Å². The quantitative estimate of drug-likeness (QED) is 0.0202. The van der Waals surface area contributed by atoms with E-state index in [2.05, 4.69) is 79.9 Å². The van der Waals surface area contributed by atoms with E-state index in [9.17, 15) is 61.0 Å². The predicted molar refractivity (Wildman–Crippen MR) is 337 cm³/mol. The molecule has 12 N–H and O–H groups in total. The van der Waals surface area contributed by atoms with Crippen molar-refractivity contribution >= 4 is 5.91 Å². The van der Waals surface area contributed by atoms with Crippen molar-refractivity contribution in [2.75, 3.05) is 26.4 Å². The van der Waals surface area contributed by atoms with Crippen LogP contribution in [-0.2, 0) is 33.2 Å². The SMILES string of the molecule is CCCCCCC/C=C\C/C=C\C/C=C\CCCCCCCCCCCCC(=O)NC(COC1OC(CO)C(OC2OC(CO)C(OC3OC(CO)C(O)C(O)C3O)C(O)C2O)C(O)C1O)C(O)/C=C/CC/C=C/CC/C=C/CCCCCCCCC. The molecule has 0 aliphatic carbocycles. The van der Waals surface area contributed by atoms with E-state index in [1.165, 1.54) is 116 Å². The zero-order chi connectivity index (χ0) is 63.3. The number of carbonyl (C=O) groups is 1. The first-order valence-electron chi connectivity index (χ1n) is 33.7. The van der Waals surface area contributed by atoms with Crippen LogP contribution in [0.2, 0.25) is 0 Å². The van der Waals surface area contributed by atoms with Crippen LogP contribution in [0.4, 0.5) is 0 Å². The number of amides is 1. The number of hydrogen-bond acceptors (Lipinski definition) is 18. The lowest BCUT2D eigenvalue weighted by atomic mass is 9.96. The third-order valence-corrected chi connectivity index (χ3v) is 16.5. The fourth-order valence-electron chi connectivity index (χ4n) is 10.9. The van der Waals surface area contributed by atoms with Gasteiger partial charge in [0, 0.05) is 6.42 Å². The van der Waals surface area contributed by atoms with Crippen LogP contribution in [-0.4, -0.2) is 193 Å². The number of aliphatic hydroxyl groups is 11. The molecular formula is C68H119NO18. The fourth-order valence-corrected chi connectivity index (χ4v) is 10.9. The number of aliphatic hydroxyl groups excluding tert-OH is 11. The molecule has 0 aromatic carbocycles. The number of allylic oxidation sites excluding steroid dienone is 11. The highest BCUT2D eigenvalue weighted by Crippen LogP contribution is 2.33. The normalized spacial score (nSPS) is 29.0. The van der Waals surface area contributed by atoms with Crippen molar-refractivity contribution in [2.45, 2.75) is 324 Å². The number of ether oxygens (including phenoxy) is 6. The molecule has 19 heteroatoms. The molecule has 0 aromatic heterocycles. The van der Waals surface area contributed by atoms with Gasteiger partial charge in [0.2, 0.25) is 5.91 Å². The molecule has 0 spiro atoms. The van der Waals surface area contributed by atoms with Crippen LogP contribution in [0.3, 0.4) is 0 Å². The first kappa shape index (κ1) is 78.5. The average molecular weight is 1240 g/mol. The second-order valence-corrected chi connectivity index (χ2v) is 23.9. The van der Waals surface area contributed by atoms with Gasteiger partial charge in [-0.15, -0.1) is 0 Å². The third kappa shape index (κ3) is 32.4. The molecule has 3 heterocycles. The second kappa shape index (κ2) is 49.9. The molecule has 3 saturated heterocycles. The van der Waals surface area contributed by atoms with Gasteiger partial charge in [-0.1, -0.05) is 202 Å². The number of unbranched alkanes of at least 4 members (excludes halogenated alkanes) is 24. The number of carbonyl (C=O) groups excluding carboxylic acids is 1. The number of rotatable bonds is 50. The van der Waals surface area contributed by atoms with E-state index in [0.717, 1.165) is 70.6 Å². The third-order valence-electron chi connectivity index (χ3n) is 16.5. The van der Waals surface area contributed by atoms with E-state index in [-0.39, 0.29) is 18.9 Å². The van der Waals surface area contributed by atoms with Crippen molar-refractivity contribution in [3.05, 3.63) is 72.9 Å². The van der Waals surface area contributed by atoms with E-state index >= 15 is 0 Å². The summed E-state index contributed by atoms with van der Waals surface area (Å²) < 4.78 is 34.3. The molecule has 3 fully saturated rings. The Kier molecular flexibility index (Phi) is 45.0. The van der Waals surface area contributed by atoms with Gasteiger partial charge in [-0.3, -0.25) is 4.79 Å². The summed E-state index contributed by atoms with van der Waals surface area (Å²) in [5, 5.41) is 120. The highest BCUT2D eigenvalue weighted by atomic mass is 16.8. The lowest BCUT2D eigenvalue weighted by Gasteiger charge is -2.48. The lowest BCUT2D eigenvalue weighted by molar-refractivity contribution is -0.379. The molecule has 17 unspecified atom stereocenters. The Hall–Kier alpha value is -2.77. The van der Waals surface area contributed by atoms with Gasteiger partial charge in [-0.25, -0.2) is 0 Å². The molecule has 3 aliphatic rings. The molecule has 17 atom stereocenters. The topological polar surface area (TPSA) is 307 Å². The van der Waals surface area contributed by atoms with Crippen LogP contribution >= 0.6 is 0 Å². The van der Waals surface area contributed by atoms with Crippen molar-refractivity contribution in [1.29, 1.82) is 0 Å². The highest BCUT2D eigenvalue weighted by Gasteiger charge is 2.53. The molecule has 504 valence electrons. The Morgan fingerprint density at radius 1 is 0.414 bits per heavy atom. The van der Waals surface area contributed by atoms with Gasteiger partial charge in [0.15, 0.2) is 18.9 Å². The first-order chi connectivity index (χ1) is 42.3. The molecule has 0 aromatic rings. The van der Waals surface area contributed by atoms with Crippen LogP contribution < -0.4 is 5.32 Å². The molecule has 3 aliphatic heterocycles. The number of nitrogens with one attached hydrogen (secondary N) is 1. The van der Waals surface area contributed by atoms with Gasteiger partial charge in [-0.05, 0) is 83.5 Å². The van der Waals surface area contributed by atoms with Gasteiger partial charge in [0.25, 0.3) is 0 Å². The zero-order valence-corrected chi connectivity index (χ0v) is 53.0. The minimum Gasteiger partial charge on any atom is -0.394 e. The van der Waals surface area contributed by atoms with Gasteiger partial charge in [-0.2, -0.15) is 0 Å². The van der Waals surface area contributed by atoms with Crippen LogP contribution in [0.25, 0.3) is 0 Å². The van der Waals surface area contributed by atoms with Crippen LogP contribution in [0.5, 0.6) is 0 Å². The van der Waals surface area contributed by atoms with Crippen LogP contribution in [0.1, 0.15) is 219 Å². The van der Waals surface area contributed by atoms with E-state index in [1.54, 1.807) is 6.08 Å². The summed E-state index contributed by atoms with van der Waals surface area (Å²) >= 11 is 0. The summed E-state index contributed by atoms with van der Waals surface area (Å²) in [5.41, 5.74) is 0. The summed E-state index contributed by atoms with van der Waals surface area (Å²) in [6, 6.07) is -1.00. The van der Waals surface area contributed by atoms with Gasteiger partial charge >= 0.3 is 0 Å². The lowest BCUT2D eigenvalue weighted by Crippen LogP contribution is -2.66. The molecule has 0 saturated carbocycles. The largest absolute Gasteiger partial charge is 0.394 e. The van der Waals surface area contributed by atoms with Crippen LogP contribution in [0, 0.1) is 0 Å². The van der Waals surface area contributed by atoms with Gasteiger partial charge in [0.1, 0.15) is 73.2 Å². The Labute approximate surface area is 521 Å². The van der Waals surface area contributed by atoms with E-state index in [4.69, 9.17) is 28.4 Å². The summed E-state index contributed by atoms with van der Waals surface area (Å²) in [4.78, 5) is 13.4. The fraction of sp³-hybridized carbons (Fsp3) is 0.809. The Balaban J connectivity index is 1.46. The van der Waals surface area contributed by atoms with Crippen LogP contribution in [0.15, 0.2) is 72.9 Å². The summed E-state index contributed by atoms with van der Waals surface area (Å²) in [7, 11) is 0. The van der Waals surface area contributed by atoms with E-state index in [1.807, 2.05) is 6.08 Å². The average Bonchev–Trinajstić information content (AvgIpc) is 1.15. The smallest absolute Gasteiger partial charge is 0.220 e. The van der Waals surface area contributed by atoms with Gasteiger partial charge in [0.05, 0.1) is 38.6 Å². The zero-order valence-electron chi connectivity index (χ0n) is 53.0. The minimum absolute atomic E-state index is 0.224. The Morgan fingerprint density at radius 2 is 0.770 bits per heavy atom. The maximum atomic E-state index is 13.4. The molecule has 0 bridgehead atoms.